The minimum atomic E-state index is -0.546. The van der Waals surface area contributed by atoms with Crippen LogP contribution in [0.25, 0.3) is 0 Å². The molecule has 7 heteroatoms. The second-order valence-electron chi connectivity index (χ2n) is 4.90. The van der Waals surface area contributed by atoms with Gasteiger partial charge < -0.3 is 14.8 Å². The lowest BCUT2D eigenvalue weighted by Gasteiger charge is -2.11. The van der Waals surface area contributed by atoms with Crippen molar-refractivity contribution in [2.24, 2.45) is 0 Å². The summed E-state index contributed by atoms with van der Waals surface area (Å²) < 4.78 is 10.4. The van der Waals surface area contributed by atoms with E-state index in [9.17, 15) is 14.9 Å². The summed E-state index contributed by atoms with van der Waals surface area (Å²) in [6.45, 7) is 2.42. The third-order valence-electron chi connectivity index (χ3n) is 3.33. The van der Waals surface area contributed by atoms with E-state index in [1.54, 1.807) is 26.2 Å². The van der Waals surface area contributed by atoms with E-state index in [-0.39, 0.29) is 17.8 Å². The van der Waals surface area contributed by atoms with Crippen molar-refractivity contribution in [3.05, 3.63) is 63.7 Å². The number of nitro groups is 1. The molecule has 1 amide bonds. The predicted octanol–water partition coefficient (Wildman–Crippen LogP) is 2.93. The Morgan fingerprint density at radius 2 is 1.92 bits per heavy atom. The average molecular weight is 330 g/mol. The Morgan fingerprint density at radius 3 is 2.50 bits per heavy atom. The number of carbonyl (C=O) groups excluding carboxylic acids is 1. The molecule has 0 fully saturated rings. The van der Waals surface area contributed by atoms with Crippen LogP contribution in [0.15, 0.2) is 42.5 Å². The van der Waals surface area contributed by atoms with Crippen molar-refractivity contribution in [3.8, 4) is 11.5 Å². The summed E-state index contributed by atoms with van der Waals surface area (Å²) in [5.74, 6) is 0.607. The van der Waals surface area contributed by atoms with Crippen LogP contribution in [0.3, 0.4) is 0 Å². The molecule has 2 aromatic carbocycles. The maximum atomic E-state index is 12.4. The van der Waals surface area contributed by atoms with E-state index in [0.717, 1.165) is 11.3 Å². The van der Waals surface area contributed by atoms with Crippen LogP contribution in [-0.2, 0) is 6.54 Å². The number of hydrogen-bond acceptors (Lipinski definition) is 5. The second-order valence-corrected chi connectivity index (χ2v) is 4.90. The van der Waals surface area contributed by atoms with Crippen LogP contribution in [0.4, 0.5) is 5.69 Å². The molecule has 0 unspecified atom stereocenters. The third kappa shape index (κ3) is 4.22. The fourth-order valence-corrected chi connectivity index (χ4v) is 2.11. The van der Waals surface area contributed by atoms with E-state index in [0.29, 0.717) is 12.4 Å². The molecule has 1 N–H and O–H groups in total. The first-order valence-electron chi connectivity index (χ1n) is 7.37. The van der Waals surface area contributed by atoms with Crippen molar-refractivity contribution >= 4 is 11.6 Å². The smallest absolute Gasteiger partial charge is 0.270 e. The molecule has 2 aromatic rings. The average Bonchev–Trinajstić information content (AvgIpc) is 2.60. The number of non-ortho nitro benzene ring substituents is 1. The van der Waals surface area contributed by atoms with Gasteiger partial charge in [-0.2, -0.15) is 0 Å². The van der Waals surface area contributed by atoms with Gasteiger partial charge in [-0.15, -0.1) is 0 Å². The number of nitrogens with zero attached hydrogens (tertiary/aromatic N) is 1. The number of nitrogens with one attached hydrogen (secondary N) is 1. The molecule has 0 radical (unpaired) electrons. The van der Waals surface area contributed by atoms with E-state index in [1.165, 1.54) is 18.2 Å². The number of hydrogen-bond donors (Lipinski definition) is 1. The number of rotatable bonds is 7. The maximum absolute atomic E-state index is 12.4. The zero-order valence-corrected chi connectivity index (χ0v) is 13.4. The molecular formula is C17H18N2O5. The standard InChI is InChI=1S/C17H18N2O5/c1-3-24-16-9-6-13(19(21)22)10-15(16)17(20)18-11-12-4-7-14(23-2)8-5-12/h4-10H,3,11H2,1-2H3,(H,18,20). The van der Waals surface area contributed by atoms with Gasteiger partial charge in [-0.25, -0.2) is 0 Å². The minimum Gasteiger partial charge on any atom is -0.497 e. The molecule has 0 saturated carbocycles. The van der Waals surface area contributed by atoms with Crippen molar-refractivity contribution in [2.45, 2.75) is 13.5 Å². The zero-order chi connectivity index (χ0) is 17.5. The van der Waals surface area contributed by atoms with Crippen molar-refractivity contribution in [1.82, 2.24) is 5.32 Å². The normalized spacial score (nSPS) is 10.1. The van der Waals surface area contributed by atoms with Crippen molar-refractivity contribution in [3.63, 3.8) is 0 Å². The monoisotopic (exact) mass is 330 g/mol. The van der Waals surface area contributed by atoms with Crippen molar-refractivity contribution in [1.29, 1.82) is 0 Å². The van der Waals surface area contributed by atoms with Gasteiger partial charge in [0.1, 0.15) is 11.5 Å². The Balaban J connectivity index is 2.14. The largest absolute Gasteiger partial charge is 0.497 e. The second kappa shape index (κ2) is 7.96. The molecule has 126 valence electrons. The number of benzene rings is 2. The number of methoxy groups -OCH3 is 1. The Morgan fingerprint density at radius 1 is 1.21 bits per heavy atom. The van der Waals surface area contributed by atoms with E-state index in [1.807, 2.05) is 12.1 Å². The van der Waals surface area contributed by atoms with Crippen LogP contribution >= 0.6 is 0 Å². The number of amides is 1. The lowest BCUT2D eigenvalue weighted by Crippen LogP contribution is -2.23. The molecule has 0 aliphatic rings. The number of ether oxygens (including phenoxy) is 2. The van der Waals surface area contributed by atoms with Gasteiger partial charge in [-0.3, -0.25) is 14.9 Å². The van der Waals surface area contributed by atoms with Crippen LogP contribution in [-0.4, -0.2) is 24.5 Å². The topological polar surface area (TPSA) is 90.7 Å². The Kier molecular flexibility index (Phi) is 5.73. The highest BCUT2D eigenvalue weighted by Crippen LogP contribution is 2.24. The lowest BCUT2D eigenvalue weighted by atomic mass is 10.1. The van der Waals surface area contributed by atoms with Gasteiger partial charge in [0.2, 0.25) is 0 Å². The lowest BCUT2D eigenvalue weighted by molar-refractivity contribution is -0.384. The molecule has 0 saturated heterocycles. The molecule has 0 heterocycles. The van der Waals surface area contributed by atoms with Crippen LogP contribution in [0.2, 0.25) is 0 Å². The van der Waals surface area contributed by atoms with Crippen molar-refractivity contribution < 1.29 is 19.2 Å². The Bertz CT molecular complexity index is 728. The molecular weight excluding hydrogens is 312 g/mol. The van der Waals surface area contributed by atoms with Gasteiger partial charge in [0.15, 0.2) is 0 Å². The highest BCUT2D eigenvalue weighted by atomic mass is 16.6. The quantitative estimate of drug-likeness (QED) is 0.622. The summed E-state index contributed by atoms with van der Waals surface area (Å²) in [7, 11) is 1.58. The summed E-state index contributed by atoms with van der Waals surface area (Å²) in [5.41, 5.74) is 0.861. The maximum Gasteiger partial charge on any atom is 0.270 e. The number of nitro benzene ring substituents is 1. The zero-order valence-electron chi connectivity index (χ0n) is 13.4. The molecule has 0 atom stereocenters. The minimum absolute atomic E-state index is 0.138. The molecule has 24 heavy (non-hydrogen) atoms. The van der Waals surface area contributed by atoms with Gasteiger partial charge in [0.05, 0.1) is 24.2 Å². The highest BCUT2D eigenvalue weighted by Gasteiger charge is 2.17. The fraction of sp³-hybridized carbons (Fsp3) is 0.235. The van der Waals surface area contributed by atoms with Gasteiger partial charge in [-0.05, 0) is 30.7 Å². The van der Waals surface area contributed by atoms with Gasteiger partial charge in [0, 0.05) is 18.7 Å². The number of carbonyl (C=O) groups is 1. The summed E-state index contributed by atoms with van der Waals surface area (Å²) in [5, 5.41) is 13.6. The Labute approximate surface area is 139 Å². The molecule has 7 nitrogen and oxygen atoms in total. The third-order valence-corrected chi connectivity index (χ3v) is 3.33. The van der Waals surface area contributed by atoms with E-state index >= 15 is 0 Å². The van der Waals surface area contributed by atoms with Gasteiger partial charge in [0.25, 0.3) is 11.6 Å². The van der Waals surface area contributed by atoms with Crippen LogP contribution < -0.4 is 14.8 Å². The molecule has 0 aliphatic heterocycles. The molecule has 0 spiro atoms. The van der Waals surface area contributed by atoms with Crippen LogP contribution in [0.1, 0.15) is 22.8 Å². The van der Waals surface area contributed by atoms with Crippen LogP contribution in [0, 0.1) is 10.1 Å². The predicted molar refractivity (Wildman–Crippen MR) is 88.4 cm³/mol. The highest BCUT2D eigenvalue weighted by molar-refractivity contribution is 5.97. The van der Waals surface area contributed by atoms with E-state index < -0.39 is 10.8 Å². The van der Waals surface area contributed by atoms with Crippen molar-refractivity contribution in [2.75, 3.05) is 13.7 Å². The van der Waals surface area contributed by atoms with Crippen LogP contribution in [0.5, 0.6) is 11.5 Å². The SMILES string of the molecule is CCOc1ccc([N+](=O)[O-])cc1C(=O)NCc1ccc(OC)cc1. The fourth-order valence-electron chi connectivity index (χ4n) is 2.11. The summed E-state index contributed by atoms with van der Waals surface area (Å²) in [6, 6.07) is 11.2. The van der Waals surface area contributed by atoms with Gasteiger partial charge >= 0.3 is 0 Å². The summed E-state index contributed by atoms with van der Waals surface area (Å²) in [6.07, 6.45) is 0. The Hall–Kier alpha value is -3.09. The van der Waals surface area contributed by atoms with Gasteiger partial charge in [-0.1, -0.05) is 12.1 Å². The first-order valence-corrected chi connectivity index (χ1v) is 7.37. The molecule has 0 bridgehead atoms. The van der Waals surface area contributed by atoms with E-state index in [2.05, 4.69) is 5.32 Å². The molecule has 2 rings (SSSR count). The summed E-state index contributed by atoms with van der Waals surface area (Å²) >= 11 is 0. The summed E-state index contributed by atoms with van der Waals surface area (Å²) in [4.78, 5) is 22.7. The molecule has 0 aromatic heterocycles. The first kappa shape index (κ1) is 17.3. The first-order chi connectivity index (χ1) is 11.5. The molecule has 0 aliphatic carbocycles. The van der Waals surface area contributed by atoms with E-state index in [4.69, 9.17) is 9.47 Å².